The van der Waals surface area contributed by atoms with Gasteiger partial charge in [-0.3, -0.25) is 0 Å². The Bertz CT molecular complexity index is 745. The summed E-state index contributed by atoms with van der Waals surface area (Å²) >= 11 is 5.14. The maximum Gasteiger partial charge on any atom is 0.187 e. The molecule has 0 fully saturated rings. The number of hydrogen-bond acceptors (Lipinski definition) is 3. The first-order valence-corrected chi connectivity index (χ1v) is 8.30. The Kier molecular flexibility index (Phi) is 4.08. The number of hydrogen-bond donors (Lipinski definition) is 1. The quantitative estimate of drug-likeness (QED) is 0.627. The molecule has 1 N–H and O–H groups in total. The second-order valence-corrected chi connectivity index (χ2v) is 7.04. The number of halogens is 1. The molecular formula is C17H15BrN2S. The summed E-state index contributed by atoms with van der Waals surface area (Å²) < 4.78 is 1.08. The average molecular weight is 359 g/mol. The van der Waals surface area contributed by atoms with Crippen molar-refractivity contribution in [1.82, 2.24) is 4.98 Å². The fraction of sp³-hybridized carbons (Fsp3) is 0.118. The third-order valence-corrected chi connectivity index (χ3v) is 4.63. The molecule has 0 atom stereocenters. The van der Waals surface area contributed by atoms with Crippen molar-refractivity contribution < 1.29 is 0 Å². The molecule has 2 nitrogen and oxygen atoms in total. The smallest absolute Gasteiger partial charge is 0.187 e. The van der Waals surface area contributed by atoms with Crippen LogP contribution in [0.25, 0.3) is 11.3 Å². The van der Waals surface area contributed by atoms with E-state index < -0.39 is 0 Å². The van der Waals surface area contributed by atoms with Crippen molar-refractivity contribution in [2.75, 3.05) is 5.32 Å². The number of nitrogens with one attached hydrogen (secondary N) is 1. The van der Waals surface area contributed by atoms with Crippen molar-refractivity contribution in [3.63, 3.8) is 0 Å². The number of thiazole rings is 1. The summed E-state index contributed by atoms with van der Waals surface area (Å²) in [5.41, 5.74) is 4.51. The van der Waals surface area contributed by atoms with Gasteiger partial charge >= 0.3 is 0 Å². The first-order chi connectivity index (χ1) is 10.1. The van der Waals surface area contributed by atoms with E-state index in [1.807, 2.05) is 12.1 Å². The van der Waals surface area contributed by atoms with E-state index in [1.165, 1.54) is 10.4 Å². The van der Waals surface area contributed by atoms with Crippen molar-refractivity contribution in [2.45, 2.75) is 13.8 Å². The molecule has 0 aliphatic rings. The molecule has 0 aliphatic heterocycles. The van der Waals surface area contributed by atoms with Gasteiger partial charge in [-0.1, -0.05) is 45.8 Å². The lowest BCUT2D eigenvalue weighted by atomic mass is 10.1. The number of aromatic nitrogens is 1. The summed E-state index contributed by atoms with van der Waals surface area (Å²) in [6.45, 7) is 4.19. The van der Waals surface area contributed by atoms with Crippen molar-refractivity contribution in [2.24, 2.45) is 0 Å². The van der Waals surface area contributed by atoms with Crippen LogP contribution in [0.15, 0.2) is 53.0 Å². The summed E-state index contributed by atoms with van der Waals surface area (Å²) in [6, 6.07) is 16.6. The van der Waals surface area contributed by atoms with E-state index >= 15 is 0 Å². The Morgan fingerprint density at radius 1 is 0.952 bits per heavy atom. The normalized spacial score (nSPS) is 10.6. The molecule has 0 radical (unpaired) electrons. The molecule has 21 heavy (non-hydrogen) atoms. The summed E-state index contributed by atoms with van der Waals surface area (Å²) in [6.07, 6.45) is 0. The van der Waals surface area contributed by atoms with Crippen LogP contribution in [0.1, 0.15) is 10.4 Å². The Hall–Kier alpha value is -1.65. The fourth-order valence-electron chi connectivity index (χ4n) is 2.09. The average Bonchev–Trinajstić information content (AvgIpc) is 2.83. The van der Waals surface area contributed by atoms with Crippen LogP contribution in [0.5, 0.6) is 0 Å². The molecule has 3 rings (SSSR count). The van der Waals surface area contributed by atoms with E-state index in [2.05, 4.69) is 71.5 Å². The molecule has 0 spiro atoms. The minimum atomic E-state index is 0.925. The van der Waals surface area contributed by atoms with Gasteiger partial charge in [-0.25, -0.2) is 4.98 Å². The standard InChI is InChI=1S/C17H15BrN2S/c1-11-3-9-15(10-4-11)19-17-20-16(12(2)21-17)13-5-7-14(18)8-6-13/h3-10H,1-2H3,(H,19,20). The zero-order valence-electron chi connectivity index (χ0n) is 11.9. The SMILES string of the molecule is Cc1ccc(Nc2nc(-c3ccc(Br)cc3)c(C)s2)cc1. The predicted octanol–water partition coefficient (Wildman–Crippen LogP) is 5.93. The highest BCUT2D eigenvalue weighted by atomic mass is 79.9. The summed E-state index contributed by atoms with van der Waals surface area (Å²) in [4.78, 5) is 5.93. The topological polar surface area (TPSA) is 24.9 Å². The van der Waals surface area contributed by atoms with Crippen LogP contribution in [-0.4, -0.2) is 4.98 Å². The lowest BCUT2D eigenvalue weighted by molar-refractivity contribution is 1.35. The molecule has 1 heterocycles. The van der Waals surface area contributed by atoms with Gasteiger partial charge in [0.2, 0.25) is 0 Å². The monoisotopic (exact) mass is 358 g/mol. The number of benzene rings is 2. The van der Waals surface area contributed by atoms with Gasteiger partial charge in [0.05, 0.1) is 5.69 Å². The molecule has 0 unspecified atom stereocenters. The third kappa shape index (κ3) is 3.34. The minimum Gasteiger partial charge on any atom is -0.332 e. The van der Waals surface area contributed by atoms with E-state index in [0.717, 1.165) is 26.5 Å². The van der Waals surface area contributed by atoms with Crippen LogP contribution in [0.4, 0.5) is 10.8 Å². The lowest BCUT2D eigenvalue weighted by Crippen LogP contribution is -1.89. The van der Waals surface area contributed by atoms with Crippen LogP contribution < -0.4 is 5.32 Å². The zero-order valence-corrected chi connectivity index (χ0v) is 14.3. The highest BCUT2D eigenvalue weighted by Crippen LogP contribution is 2.32. The van der Waals surface area contributed by atoms with Crippen LogP contribution in [0, 0.1) is 13.8 Å². The minimum absolute atomic E-state index is 0.925. The van der Waals surface area contributed by atoms with Crippen LogP contribution in [0.3, 0.4) is 0 Å². The van der Waals surface area contributed by atoms with E-state index in [1.54, 1.807) is 11.3 Å². The van der Waals surface area contributed by atoms with Crippen molar-refractivity contribution in [1.29, 1.82) is 0 Å². The molecule has 2 aromatic carbocycles. The number of nitrogens with zero attached hydrogens (tertiary/aromatic N) is 1. The van der Waals surface area contributed by atoms with Gasteiger partial charge in [0.25, 0.3) is 0 Å². The first-order valence-electron chi connectivity index (χ1n) is 6.69. The van der Waals surface area contributed by atoms with Crippen molar-refractivity contribution >= 4 is 38.1 Å². The highest BCUT2D eigenvalue weighted by molar-refractivity contribution is 9.10. The molecule has 0 saturated heterocycles. The molecule has 0 aliphatic carbocycles. The molecular weight excluding hydrogens is 344 g/mol. The lowest BCUT2D eigenvalue weighted by Gasteiger charge is -2.02. The van der Waals surface area contributed by atoms with Gasteiger partial charge in [-0.2, -0.15) is 0 Å². The Morgan fingerprint density at radius 3 is 2.29 bits per heavy atom. The molecule has 0 amide bonds. The second-order valence-electron chi connectivity index (χ2n) is 4.92. The Morgan fingerprint density at radius 2 is 1.62 bits per heavy atom. The Balaban J connectivity index is 1.87. The molecule has 1 aromatic heterocycles. The molecule has 4 heteroatoms. The number of rotatable bonds is 3. The van der Waals surface area contributed by atoms with Gasteiger partial charge in [0, 0.05) is 20.6 Å². The second kappa shape index (κ2) is 6.00. The van der Waals surface area contributed by atoms with Crippen molar-refractivity contribution in [3.05, 3.63) is 63.4 Å². The summed E-state index contributed by atoms with van der Waals surface area (Å²) in [5.74, 6) is 0. The summed E-state index contributed by atoms with van der Waals surface area (Å²) in [5, 5.41) is 4.30. The van der Waals surface area contributed by atoms with Gasteiger partial charge in [-0.15, -0.1) is 11.3 Å². The van der Waals surface area contributed by atoms with Crippen molar-refractivity contribution in [3.8, 4) is 11.3 Å². The number of anilines is 2. The first kappa shape index (κ1) is 14.3. The molecule has 3 aromatic rings. The molecule has 0 bridgehead atoms. The highest BCUT2D eigenvalue weighted by Gasteiger charge is 2.10. The molecule has 106 valence electrons. The zero-order chi connectivity index (χ0) is 14.8. The maximum absolute atomic E-state index is 4.72. The maximum atomic E-state index is 4.72. The molecule has 0 saturated carbocycles. The van der Waals surface area contributed by atoms with E-state index in [0.29, 0.717) is 0 Å². The van der Waals surface area contributed by atoms with Gasteiger partial charge in [-0.05, 0) is 38.1 Å². The van der Waals surface area contributed by atoms with E-state index in [9.17, 15) is 0 Å². The van der Waals surface area contributed by atoms with Crippen LogP contribution in [0.2, 0.25) is 0 Å². The number of aryl methyl sites for hydroxylation is 2. The van der Waals surface area contributed by atoms with Gasteiger partial charge < -0.3 is 5.32 Å². The summed E-state index contributed by atoms with van der Waals surface area (Å²) in [7, 11) is 0. The van der Waals surface area contributed by atoms with E-state index in [4.69, 9.17) is 4.98 Å². The van der Waals surface area contributed by atoms with Gasteiger partial charge in [0.1, 0.15) is 0 Å². The third-order valence-electron chi connectivity index (χ3n) is 3.22. The van der Waals surface area contributed by atoms with Crippen LogP contribution in [-0.2, 0) is 0 Å². The van der Waals surface area contributed by atoms with E-state index in [-0.39, 0.29) is 0 Å². The predicted molar refractivity (Wildman–Crippen MR) is 94.4 cm³/mol. The Labute approximate surface area is 137 Å². The van der Waals surface area contributed by atoms with Crippen LogP contribution >= 0.6 is 27.3 Å². The largest absolute Gasteiger partial charge is 0.332 e. The fourth-order valence-corrected chi connectivity index (χ4v) is 3.21. The van der Waals surface area contributed by atoms with Gasteiger partial charge in [0.15, 0.2) is 5.13 Å².